The number of nitrogens with two attached hydrogens (primary N) is 1. The molecule has 0 fully saturated rings. The zero-order chi connectivity index (χ0) is 14.9. The van der Waals surface area contributed by atoms with Crippen molar-refractivity contribution in [1.82, 2.24) is 20.0 Å². The number of aryl methyl sites for hydroxylation is 3. The number of aromatic nitrogens is 4. The molecule has 0 aromatic carbocycles. The van der Waals surface area contributed by atoms with Crippen LogP contribution >= 0.6 is 12.2 Å². The van der Waals surface area contributed by atoms with E-state index in [2.05, 4.69) is 20.6 Å². The third-order valence-electron chi connectivity index (χ3n) is 2.78. The summed E-state index contributed by atoms with van der Waals surface area (Å²) >= 11 is 4.93. The van der Waals surface area contributed by atoms with Gasteiger partial charge in [-0.25, -0.2) is 0 Å². The molecule has 1 amide bonds. The van der Waals surface area contributed by atoms with Gasteiger partial charge in [0.25, 0.3) is 5.91 Å². The van der Waals surface area contributed by atoms with Crippen LogP contribution in [0, 0.1) is 13.8 Å². The number of nitrogens with zero attached hydrogens (tertiary/aromatic N) is 4. The lowest BCUT2D eigenvalue weighted by Gasteiger charge is -2.09. The van der Waals surface area contributed by atoms with E-state index in [-0.39, 0.29) is 10.9 Å². The van der Waals surface area contributed by atoms with Crippen molar-refractivity contribution in [2.45, 2.75) is 13.8 Å². The van der Waals surface area contributed by atoms with E-state index in [4.69, 9.17) is 18.0 Å². The van der Waals surface area contributed by atoms with Gasteiger partial charge in [0.05, 0.1) is 28.7 Å². The first-order chi connectivity index (χ1) is 9.40. The lowest BCUT2D eigenvalue weighted by Crippen LogP contribution is -2.20. The largest absolute Gasteiger partial charge is 0.389 e. The molecule has 0 unspecified atom stereocenters. The van der Waals surface area contributed by atoms with Crippen molar-refractivity contribution >= 4 is 28.9 Å². The van der Waals surface area contributed by atoms with Crippen LogP contribution in [-0.4, -0.2) is 30.9 Å². The molecule has 2 heterocycles. The van der Waals surface area contributed by atoms with Gasteiger partial charge in [-0.3, -0.25) is 9.48 Å². The number of carbonyl (C=O) groups is 1. The van der Waals surface area contributed by atoms with Gasteiger partial charge < -0.3 is 11.1 Å². The molecule has 8 heteroatoms. The SMILES string of the molecule is Cc1cc(C(=O)Nc2c(C(N)=S)cnn2C)c(C)nn1. The highest BCUT2D eigenvalue weighted by Crippen LogP contribution is 2.16. The van der Waals surface area contributed by atoms with Crippen molar-refractivity contribution in [2.24, 2.45) is 12.8 Å². The summed E-state index contributed by atoms with van der Waals surface area (Å²) in [6.07, 6.45) is 1.51. The van der Waals surface area contributed by atoms with Crippen LogP contribution in [-0.2, 0) is 7.05 Å². The van der Waals surface area contributed by atoms with Crippen molar-refractivity contribution < 1.29 is 4.79 Å². The third kappa shape index (κ3) is 2.64. The van der Waals surface area contributed by atoms with Crippen LogP contribution in [0.5, 0.6) is 0 Å². The van der Waals surface area contributed by atoms with Gasteiger partial charge in [0.2, 0.25) is 0 Å². The predicted molar refractivity (Wildman–Crippen MR) is 78.6 cm³/mol. The molecule has 2 rings (SSSR count). The van der Waals surface area contributed by atoms with Gasteiger partial charge in [0, 0.05) is 7.05 Å². The molecule has 104 valence electrons. The molecule has 2 aromatic rings. The second-order valence-electron chi connectivity index (χ2n) is 4.33. The van der Waals surface area contributed by atoms with Crippen molar-refractivity contribution in [3.05, 3.63) is 34.8 Å². The molecule has 20 heavy (non-hydrogen) atoms. The molecule has 0 spiro atoms. The minimum atomic E-state index is -0.304. The van der Waals surface area contributed by atoms with E-state index in [9.17, 15) is 4.79 Å². The highest BCUT2D eigenvalue weighted by atomic mass is 32.1. The maximum absolute atomic E-state index is 12.3. The molecule has 0 bridgehead atoms. The second kappa shape index (κ2) is 5.33. The quantitative estimate of drug-likeness (QED) is 0.808. The minimum Gasteiger partial charge on any atom is -0.389 e. The van der Waals surface area contributed by atoms with Gasteiger partial charge in [-0.2, -0.15) is 15.3 Å². The Morgan fingerprint density at radius 3 is 2.70 bits per heavy atom. The first-order valence-corrected chi connectivity index (χ1v) is 6.25. The number of amides is 1. The lowest BCUT2D eigenvalue weighted by molar-refractivity contribution is 0.102. The number of hydrogen-bond donors (Lipinski definition) is 2. The van der Waals surface area contributed by atoms with Gasteiger partial charge in [-0.15, -0.1) is 0 Å². The molecule has 0 aliphatic heterocycles. The Bertz CT molecular complexity index is 693. The van der Waals surface area contributed by atoms with Crippen LogP contribution in [0.15, 0.2) is 12.3 Å². The molecule has 0 aliphatic carbocycles. The van der Waals surface area contributed by atoms with Gasteiger partial charge in [0.1, 0.15) is 10.8 Å². The van der Waals surface area contributed by atoms with Crippen LogP contribution in [0.2, 0.25) is 0 Å². The zero-order valence-electron chi connectivity index (χ0n) is 11.3. The number of thiocarbonyl (C=S) groups is 1. The smallest absolute Gasteiger partial charge is 0.258 e. The van der Waals surface area contributed by atoms with E-state index in [0.29, 0.717) is 28.3 Å². The Balaban J connectivity index is 2.35. The monoisotopic (exact) mass is 290 g/mol. The van der Waals surface area contributed by atoms with E-state index >= 15 is 0 Å². The summed E-state index contributed by atoms with van der Waals surface area (Å²) in [5, 5.41) is 14.6. The fourth-order valence-electron chi connectivity index (χ4n) is 1.72. The average Bonchev–Trinajstić information content (AvgIpc) is 2.74. The summed E-state index contributed by atoms with van der Waals surface area (Å²) in [5.74, 6) is 0.151. The van der Waals surface area contributed by atoms with Crippen LogP contribution in [0.3, 0.4) is 0 Å². The first-order valence-electron chi connectivity index (χ1n) is 5.84. The zero-order valence-corrected chi connectivity index (χ0v) is 12.2. The summed E-state index contributed by atoms with van der Waals surface area (Å²) in [7, 11) is 1.69. The molecule has 0 radical (unpaired) electrons. The Kier molecular flexibility index (Phi) is 3.75. The summed E-state index contributed by atoms with van der Waals surface area (Å²) in [6, 6.07) is 1.68. The highest BCUT2D eigenvalue weighted by molar-refractivity contribution is 7.80. The molecular formula is C12H14N6OS. The molecule has 0 saturated heterocycles. The molecular weight excluding hydrogens is 276 g/mol. The maximum atomic E-state index is 12.3. The number of nitrogens with one attached hydrogen (secondary N) is 1. The summed E-state index contributed by atoms with van der Waals surface area (Å²) in [5.41, 5.74) is 7.79. The maximum Gasteiger partial charge on any atom is 0.258 e. The molecule has 0 atom stereocenters. The van der Waals surface area contributed by atoms with E-state index < -0.39 is 0 Å². The van der Waals surface area contributed by atoms with E-state index in [1.165, 1.54) is 10.9 Å². The van der Waals surface area contributed by atoms with Crippen LogP contribution in [0.1, 0.15) is 27.3 Å². The minimum absolute atomic E-state index is 0.175. The van der Waals surface area contributed by atoms with Gasteiger partial charge >= 0.3 is 0 Å². The molecule has 0 aliphatic rings. The fraction of sp³-hybridized carbons (Fsp3) is 0.250. The van der Waals surface area contributed by atoms with Crippen molar-refractivity contribution in [3.8, 4) is 0 Å². The van der Waals surface area contributed by atoms with Crippen molar-refractivity contribution in [3.63, 3.8) is 0 Å². The highest BCUT2D eigenvalue weighted by Gasteiger charge is 2.17. The van der Waals surface area contributed by atoms with Gasteiger partial charge in [0.15, 0.2) is 0 Å². The number of anilines is 1. The Labute approximate surface area is 121 Å². The number of carbonyl (C=O) groups excluding carboxylic acids is 1. The summed E-state index contributed by atoms with van der Waals surface area (Å²) in [4.78, 5) is 12.5. The molecule has 7 nitrogen and oxygen atoms in total. The Hall–Kier alpha value is -2.35. The van der Waals surface area contributed by atoms with Gasteiger partial charge in [-0.1, -0.05) is 12.2 Å². The topological polar surface area (TPSA) is 98.7 Å². The lowest BCUT2D eigenvalue weighted by atomic mass is 10.2. The van der Waals surface area contributed by atoms with E-state index in [1.807, 2.05) is 0 Å². The first kappa shape index (κ1) is 14.1. The van der Waals surface area contributed by atoms with Crippen LogP contribution in [0.4, 0.5) is 5.82 Å². The number of rotatable bonds is 3. The van der Waals surface area contributed by atoms with Crippen LogP contribution < -0.4 is 11.1 Å². The van der Waals surface area contributed by atoms with Crippen molar-refractivity contribution in [1.29, 1.82) is 0 Å². The number of hydrogen-bond acceptors (Lipinski definition) is 5. The molecule has 2 aromatic heterocycles. The predicted octanol–water partition coefficient (Wildman–Crippen LogP) is 0.713. The summed E-state index contributed by atoms with van der Waals surface area (Å²) in [6.45, 7) is 3.49. The van der Waals surface area contributed by atoms with Gasteiger partial charge in [-0.05, 0) is 19.9 Å². The average molecular weight is 290 g/mol. The molecule has 3 N–H and O–H groups in total. The fourth-order valence-corrected chi connectivity index (χ4v) is 1.87. The van der Waals surface area contributed by atoms with E-state index in [1.54, 1.807) is 27.0 Å². The normalized spacial score (nSPS) is 10.3. The second-order valence-corrected chi connectivity index (χ2v) is 4.77. The Morgan fingerprint density at radius 2 is 2.05 bits per heavy atom. The van der Waals surface area contributed by atoms with Crippen LogP contribution in [0.25, 0.3) is 0 Å². The summed E-state index contributed by atoms with van der Waals surface area (Å²) < 4.78 is 1.50. The third-order valence-corrected chi connectivity index (χ3v) is 3.00. The van der Waals surface area contributed by atoms with E-state index in [0.717, 1.165) is 0 Å². The molecule has 0 saturated carbocycles. The Morgan fingerprint density at radius 1 is 1.35 bits per heavy atom. The standard InChI is InChI=1S/C12H14N6OS/c1-6-4-8(7(2)17-16-6)12(19)15-11-9(10(13)20)5-14-18(11)3/h4-5H,1-3H3,(H2,13,20)(H,15,19). The van der Waals surface area contributed by atoms with Crippen molar-refractivity contribution in [2.75, 3.05) is 5.32 Å².